The number of aromatic nitrogens is 1. The van der Waals surface area contributed by atoms with Crippen LogP contribution < -0.4 is 10.1 Å². The molecule has 3 rings (SSSR count). The van der Waals surface area contributed by atoms with Crippen molar-refractivity contribution in [3.05, 3.63) is 57.9 Å². The van der Waals surface area contributed by atoms with E-state index in [2.05, 4.69) is 10.3 Å². The van der Waals surface area contributed by atoms with Crippen LogP contribution in [-0.4, -0.2) is 23.8 Å². The molecule has 0 radical (unpaired) electrons. The summed E-state index contributed by atoms with van der Waals surface area (Å²) >= 11 is 14.8. The molecule has 1 N–H and O–H groups in total. The van der Waals surface area contributed by atoms with Crippen LogP contribution in [0.1, 0.15) is 0 Å². The molecule has 0 atom stereocenters. The molecule has 1 aromatic heterocycles. The first-order chi connectivity index (χ1) is 12.5. The Kier molecular flexibility index (Phi) is 6.43. The summed E-state index contributed by atoms with van der Waals surface area (Å²) in [6, 6.07) is 12.9. The van der Waals surface area contributed by atoms with Crippen LogP contribution in [0.2, 0.25) is 10.0 Å². The highest BCUT2D eigenvalue weighted by Gasteiger charge is 2.10. The number of amides is 1. The summed E-state index contributed by atoms with van der Waals surface area (Å²) in [5.41, 5.74) is 1.59. The number of nitrogens with one attached hydrogen (secondary N) is 1. The Hall–Kier alpha value is -1.73. The number of hydrogen-bond donors (Lipinski definition) is 1. The minimum atomic E-state index is -0.110. The summed E-state index contributed by atoms with van der Waals surface area (Å²) in [6.45, 7) is 0. The molecule has 0 aliphatic carbocycles. The van der Waals surface area contributed by atoms with E-state index in [1.807, 2.05) is 35.7 Å². The number of ether oxygens (including phenoxy) is 1. The molecule has 8 heteroatoms. The first-order valence-electron chi connectivity index (χ1n) is 7.53. The maximum atomic E-state index is 12.1. The number of carbonyl (C=O) groups is 1. The Balaban J connectivity index is 1.57. The lowest BCUT2D eigenvalue weighted by Crippen LogP contribution is -2.13. The Labute approximate surface area is 169 Å². The summed E-state index contributed by atoms with van der Waals surface area (Å²) in [5, 5.41) is 6.20. The lowest BCUT2D eigenvalue weighted by Gasteiger charge is -2.04. The molecule has 0 spiro atoms. The zero-order valence-electron chi connectivity index (χ0n) is 13.7. The summed E-state index contributed by atoms with van der Waals surface area (Å²) in [6.07, 6.45) is 0. The van der Waals surface area contributed by atoms with Gasteiger partial charge in [-0.3, -0.25) is 4.79 Å². The van der Waals surface area contributed by atoms with Crippen molar-refractivity contribution < 1.29 is 9.53 Å². The fourth-order valence-corrected chi connectivity index (χ4v) is 3.83. The molecular weight excluding hydrogens is 411 g/mol. The minimum Gasteiger partial charge on any atom is -0.497 e. The van der Waals surface area contributed by atoms with E-state index in [9.17, 15) is 4.79 Å². The first-order valence-corrected chi connectivity index (χ1v) is 10.1. The number of carbonyl (C=O) groups excluding carboxylic acids is 1. The van der Waals surface area contributed by atoms with Crippen LogP contribution in [0.15, 0.2) is 52.7 Å². The molecule has 134 valence electrons. The van der Waals surface area contributed by atoms with Crippen molar-refractivity contribution in [1.29, 1.82) is 0 Å². The summed E-state index contributed by atoms with van der Waals surface area (Å²) in [7, 11) is 1.62. The van der Waals surface area contributed by atoms with Crippen LogP contribution in [-0.2, 0) is 4.79 Å². The van der Waals surface area contributed by atoms with Crippen LogP contribution >= 0.6 is 46.3 Å². The van der Waals surface area contributed by atoms with Crippen molar-refractivity contribution in [2.75, 3.05) is 18.2 Å². The van der Waals surface area contributed by atoms with Crippen LogP contribution in [0.4, 0.5) is 5.13 Å². The van der Waals surface area contributed by atoms with E-state index in [1.54, 1.807) is 19.2 Å². The van der Waals surface area contributed by atoms with E-state index in [1.165, 1.54) is 23.1 Å². The average molecular weight is 425 g/mol. The molecule has 1 amide bonds. The number of anilines is 1. The van der Waals surface area contributed by atoms with Crippen molar-refractivity contribution in [3.63, 3.8) is 0 Å². The van der Waals surface area contributed by atoms with Gasteiger partial charge in [-0.1, -0.05) is 29.3 Å². The van der Waals surface area contributed by atoms with Crippen molar-refractivity contribution in [3.8, 4) is 17.0 Å². The van der Waals surface area contributed by atoms with Crippen molar-refractivity contribution in [1.82, 2.24) is 4.98 Å². The molecule has 26 heavy (non-hydrogen) atoms. The number of thioether (sulfide) groups is 1. The molecule has 4 nitrogen and oxygen atoms in total. The fourth-order valence-electron chi connectivity index (χ4n) is 2.10. The van der Waals surface area contributed by atoms with E-state index in [-0.39, 0.29) is 5.91 Å². The standard InChI is InChI=1S/C18H14Cl2N2O2S2/c1-24-12-3-5-13(6-4-12)25-10-17(23)22-18-21-16(9-26-18)11-2-7-14(19)15(20)8-11/h2-9H,10H2,1H3,(H,21,22,23). The maximum Gasteiger partial charge on any atom is 0.236 e. The smallest absolute Gasteiger partial charge is 0.236 e. The summed E-state index contributed by atoms with van der Waals surface area (Å²) in [4.78, 5) is 17.5. The number of rotatable bonds is 6. The highest BCUT2D eigenvalue weighted by Crippen LogP contribution is 2.30. The molecule has 0 aliphatic rings. The normalized spacial score (nSPS) is 10.6. The highest BCUT2D eigenvalue weighted by atomic mass is 35.5. The van der Waals surface area contributed by atoms with Crippen molar-refractivity contribution in [2.24, 2.45) is 0 Å². The van der Waals surface area contributed by atoms with Crippen LogP contribution in [0.5, 0.6) is 5.75 Å². The molecule has 0 aliphatic heterocycles. The number of thiazole rings is 1. The molecule has 0 saturated carbocycles. The highest BCUT2D eigenvalue weighted by molar-refractivity contribution is 8.00. The van der Waals surface area contributed by atoms with Crippen LogP contribution in [0, 0.1) is 0 Å². The van der Waals surface area contributed by atoms with Gasteiger partial charge in [0.1, 0.15) is 5.75 Å². The Morgan fingerprint density at radius 2 is 1.96 bits per heavy atom. The van der Waals surface area contributed by atoms with E-state index >= 15 is 0 Å². The summed E-state index contributed by atoms with van der Waals surface area (Å²) in [5.74, 6) is 0.978. The minimum absolute atomic E-state index is 0.110. The number of benzene rings is 2. The predicted octanol–water partition coefficient (Wildman–Crippen LogP) is 5.86. The molecule has 1 heterocycles. The van der Waals surface area contributed by atoms with Crippen molar-refractivity contribution in [2.45, 2.75) is 4.90 Å². The Bertz CT molecular complexity index is 914. The largest absolute Gasteiger partial charge is 0.497 e. The van der Waals surface area contributed by atoms with Gasteiger partial charge in [0.25, 0.3) is 0 Å². The molecule has 2 aromatic carbocycles. The van der Waals surface area contributed by atoms with Gasteiger partial charge in [-0.05, 0) is 36.4 Å². The van der Waals surface area contributed by atoms with E-state index in [4.69, 9.17) is 27.9 Å². The molecule has 0 fully saturated rings. The number of halogens is 2. The van der Waals surface area contributed by atoms with E-state index < -0.39 is 0 Å². The molecule has 0 bridgehead atoms. The number of hydrogen-bond acceptors (Lipinski definition) is 5. The third-order valence-corrected chi connectivity index (χ3v) is 5.90. The number of nitrogens with zero attached hydrogens (tertiary/aromatic N) is 1. The van der Waals surface area contributed by atoms with Gasteiger partial charge in [0.2, 0.25) is 5.91 Å². The topological polar surface area (TPSA) is 51.2 Å². The average Bonchev–Trinajstić information content (AvgIpc) is 3.11. The van der Waals surface area contributed by atoms with Gasteiger partial charge in [-0.15, -0.1) is 23.1 Å². The lowest BCUT2D eigenvalue weighted by molar-refractivity contribution is -0.113. The predicted molar refractivity (Wildman–Crippen MR) is 110 cm³/mol. The van der Waals surface area contributed by atoms with Gasteiger partial charge in [-0.2, -0.15) is 0 Å². The van der Waals surface area contributed by atoms with Crippen LogP contribution in [0.25, 0.3) is 11.3 Å². The first kappa shape index (κ1) is 19.0. The molecule has 0 saturated heterocycles. The molecular formula is C18H14Cl2N2O2S2. The van der Waals surface area contributed by atoms with Gasteiger partial charge in [-0.25, -0.2) is 4.98 Å². The molecule has 0 unspecified atom stereocenters. The van der Waals surface area contributed by atoms with E-state index in [0.717, 1.165) is 21.9 Å². The monoisotopic (exact) mass is 424 g/mol. The second-order valence-electron chi connectivity index (χ2n) is 5.18. The zero-order valence-corrected chi connectivity index (χ0v) is 16.8. The second kappa shape index (κ2) is 8.77. The van der Waals surface area contributed by atoms with Crippen molar-refractivity contribution >= 4 is 57.3 Å². The maximum absolute atomic E-state index is 12.1. The SMILES string of the molecule is COc1ccc(SCC(=O)Nc2nc(-c3ccc(Cl)c(Cl)c3)cs2)cc1. The van der Waals surface area contributed by atoms with Gasteiger partial charge < -0.3 is 10.1 Å². The Morgan fingerprint density at radius 1 is 1.19 bits per heavy atom. The van der Waals surface area contributed by atoms with Gasteiger partial charge in [0.15, 0.2) is 5.13 Å². The number of methoxy groups -OCH3 is 1. The van der Waals surface area contributed by atoms with Crippen LogP contribution in [0.3, 0.4) is 0 Å². The fraction of sp³-hybridized carbons (Fsp3) is 0.111. The van der Waals surface area contributed by atoms with Gasteiger partial charge in [0.05, 0.1) is 28.6 Å². The Morgan fingerprint density at radius 3 is 2.65 bits per heavy atom. The van der Waals surface area contributed by atoms with Gasteiger partial charge in [0, 0.05) is 15.8 Å². The summed E-state index contributed by atoms with van der Waals surface area (Å²) < 4.78 is 5.12. The zero-order chi connectivity index (χ0) is 18.5. The quantitative estimate of drug-likeness (QED) is 0.503. The third-order valence-electron chi connectivity index (χ3n) is 3.40. The van der Waals surface area contributed by atoms with E-state index in [0.29, 0.717) is 20.9 Å². The lowest BCUT2D eigenvalue weighted by atomic mass is 10.2. The van der Waals surface area contributed by atoms with Gasteiger partial charge >= 0.3 is 0 Å². The second-order valence-corrected chi connectivity index (χ2v) is 7.90. The molecule has 3 aromatic rings. The third kappa shape index (κ3) is 4.92.